The van der Waals surface area contributed by atoms with Crippen LogP contribution in [0.25, 0.3) is 0 Å². The number of β-amino-alcohol motifs (C(OH)–C–C–N with tert-alkyl or cyclic N) is 1. The highest BCUT2D eigenvalue weighted by atomic mass is 35.5. The van der Waals surface area contributed by atoms with Crippen LogP contribution in [-0.2, 0) is 6.54 Å². The molecule has 1 aliphatic heterocycles. The predicted octanol–water partition coefficient (Wildman–Crippen LogP) is 1.34. The Morgan fingerprint density at radius 1 is 1.24 bits per heavy atom. The van der Waals surface area contributed by atoms with Crippen molar-refractivity contribution in [2.45, 2.75) is 25.1 Å². The monoisotopic (exact) mass is 278 g/mol. The summed E-state index contributed by atoms with van der Waals surface area (Å²) in [5.74, 6) is 0. The molecular weight excluding hydrogens is 259 g/mol. The third kappa shape index (κ3) is 5.23. The molecule has 1 aliphatic rings. The lowest BCUT2D eigenvalue weighted by Crippen LogP contribution is -2.50. The largest absolute Gasteiger partial charge is 0.390 e. The predicted molar refractivity (Wildman–Crippen MR) is 75.1 cm³/mol. The van der Waals surface area contributed by atoms with Crippen LogP contribution in [0.4, 0.5) is 0 Å². The maximum absolute atomic E-state index is 9.72. The number of halogens is 2. The summed E-state index contributed by atoms with van der Waals surface area (Å²) in [7, 11) is 0. The highest BCUT2D eigenvalue weighted by Gasteiger charge is 2.21. The number of aliphatic hydroxyl groups is 1. The van der Waals surface area contributed by atoms with E-state index < -0.39 is 0 Å². The Labute approximate surface area is 115 Å². The summed E-state index contributed by atoms with van der Waals surface area (Å²) in [4.78, 5) is 0. The van der Waals surface area contributed by atoms with Crippen LogP contribution in [0, 0.1) is 0 Å². The lowest BCUT2D eigenvalue weighted by atomic mass is 10.0. The Morgan fingerprint density at radius 3 is 2.59 bits per heavy atom. The molecule has 0 unspecified atom stereocenters. The third-order valence-corrected chi connectivity index (χ3v) is 2.86. The van der Waals surface area contributed by atoms with Gasteiger partial charge in [0.1, 0.15) is 0 Å². The van der Waals surface area contributed by atoms with Crippen molar-refractivity contribution in [1.82, 2.24) is 10.6 Å². The molecule has 98 valence electrons. The summed E-state index contributed by atoms with van der Waals surface area (Å²) >= 11 is 0. The summed E-state index contributed by atoms with van der Waals surface area (Å²) < 4.78 is 0. The maximum atomic E-state index is 9.72. The summed E-state index contributed by atoms with van der Waals surface area (Å²) in [6.45, 7) is 2.53. The number of benzene rings is 1. The van der Waals surface area contributed by atoms with E-state index >= 15 is 0 Å². The van der Waals surface area contributed by atoms with E-state index in [0.29, 0.717) is 6.54 Å². The van der Waals surface area contributed by atoms with E-state index in [1.807, 2.05) is 18.2 Å². The van der Waals surface area contributed by atoms with Gasteiger partial charge in [0.25, 0.3) is 0 Å². The molecule has 3 N–H and O–H groups in total. The van der Waals surface area contributed by atoms with E-state index in [4.69, 9.17) is 0 Å². The van der Waals surface area contributed by atoms with Crippen molar-refractivity contribution >= 4 is 24.8 Å². The molecule has 0 aromatic heterocycles. The Hall–Kier alpha value is -0.320. The van der Waals surface area contributed by atoms with Gasteiger partial charge < -0.3 is 15.7 Å². The molecule has 0 bridgehead atoms. The van der Waals surface area contributed by atoms with Crippen LogP contribution in [0.1, 0.15) is 12.0 Å². The Balaban J connectivity index is 0.00000128. The van der Waals surface area contributed by atoms with Gasteiger partial charge >= 0.3 is 0 Å². The second-order valence-electron chi connectivity index (χ2n) is 4.03. The van der Waals surface area contributed by atoms with E-state index in [0.717, 1.165) is 19.5 Å². The molecule has 0 aliphatic carbocycles. The molecule has 1 aromatic rings. The zero-order valence-corrected chi connectivity index (χ0v) is 11.3. The second-order valence-corrected chi connectivity index (χ2v) is 4.03. The number of hydrogen-bond donors (Lipinski definition) is 3. The molecule has 0 amide bonds. The highest BCUT2D eigenvalue weighted by Crippen LogP contribution is 2.05. The summed E-state index contributed by atoms with van der Waals surface area (Å²) in [5, 5.41) is 16.3. The van der Waals surface area contributed by atoms with Crippen molar-refractivity contribution in [3.05, 3.63) is 35.9 Å². The van der Waals surface area contributed by atoms with Gasteiger partial charge in [-0.1, -0.05) is 30.3 Å². The average Bonchev–Trinajstić information content (AvgIpc) is 2.29. The number of piperidine rings is 1. The molecule has 2 rings (SSSR count). The van der Waals surface area contributed by atoms with Gasteiger partial charge in [0.15, 0.2) is 0 Å². The molecule has 0 spiro atoms. The van der Waals surface area contributed by atoms with Crippen LogP contribution in [0.5, 0.6) is 0 Å². The Morgan fingerprint density at radius 2 is 1.94 bits per heavy atom. The molecule has 3 nitrogen and oxygen atoms in total. The second kappa shape index (κ2) is 8.72. The van der Waals surface area contributed by atoms with Crippen molar-refractivity contribution in [2.24, 2.45) is 0 Å². The van der Waals surface area contributed by atoms with E-state index in [2.05, 4.69) is 22.8 Å². The molecule has 1 heterocycles. The molecular formula is C12H20Cl2N2O. The van der Waals surface area contributed by atoms with Gasteiger partial charge in [0.05, 0.1) is 6.10 Å². The molecule has 1 aromatic carbocycles. The normalized spacial score (nSPS) is 23.4. The lowest BCUT2D eigenvalue weighted by Gasteiger charge is -2.29. The summed E-state index contributed by atoms with van der Waals surface area (Å²) in [6, 6.07) is 10.5. The molecule has 17 heavy (non-hydrogen) atoms. The number of aliphatic hydroxyl groups excluding tert-OH is 1. The fraction of sp³-hybridized carbons (Fsp3) is 0.500. The van der Waals surface area contributed by atoms with Gasteiger partial charge in [-0.25, -0.2) is 0 Å². The van der Waals surface area contributed by atoms with Crippen molar-refractivity contribution in [3.63, 3.8) is 0 Å². The first kappa shape index (κ1) is 16.7. The SMILES string of the molecule is Cl.Cl.O[C@@H]1CNCC[C@H]1NCc1ccccc1. The van der Waals surface area contributed by atoms with E-state index in [9.17, 15) is 5.11 Å². The van der Waals surface area contributed by atoms with E-state index in [1.165, 1.54) is 5.56 Å². The minimum absolute atomic E-state index is 0. The molecule has 0 radical (unpaired) electrons. The summed E-state index contributed by atoms with van der Waals surface area (Å²) in [6.07, 6.45) is 0.732. The molecule has 1 saturated heterocycles. The van der Waals surface area contributed by atoms with Gasteiger partial charge in [-0.2, -0.15) is 0 Å². The molecule has 1 fully saturated rings. The van der Waals surface area contributed by atoms with Crippen LogP contribution in [0.2, 0.25) is 0 Å². The lowest BCUT2D eigenvalue weighted by molar-refractivity contribution is 0.102. The van der Waals surface area contributed by atoms with Crippen molar-refractivity contribution < 1.29 is 5.11 Å². The minimum atomic E-state index is -0.262. The van der Waals surface area contributed by atoms with E-state index in [-0.39, 0.29) is 37.0 Å². The smallest absolute Gasteiger partial charge is 0.0817 e. The first-order chi connectivity index (χ1) is 7.36. The fourth-order valence-corrected chi connectivity index (χ4v) is 1.93. The van der Waals surface area contributed by atoms with Crippen molar-refractivity contribution in [3.8, 4) is 0 Å². The fourth-order valence-electron chi connectivity index (χ4n) is 1.93. The summed E-state index contributed by atoms with van der Waals surface area (Å²) in [5.41, 5.74) is 1.27. The van der Waals surface area contributed by atoms with Crippen molar-refractivity contribution in [2.75, 3.05) is 13.1 Å². The van der Waals surface area contributed by atoms with Crippen LogP contribution in [-0.4, -0.2) is 30.3 Å². The van der Waals surface area contributed by atoms with Gasteiger partial charge in [-0.15, -0.1) is 24.8 Å². The quantitative estimate of drug-likeness (QED) is 0.782. The third-order valence-electron chi connectivity index (χ3n) is 2.86. The molecule has 0 saturated carbocycles. The van der Waals surface area contributed by atoms with Gasteiger partial charge in [0.2, 0.25) is 0 Å². The Bertz CT molecular complexity index is 298. The zero-order valence-electron chi connectivity index (χ0n) is 9.63. The molecule has 5 heteroatoms. The first-order valence-electron chi connectivity index (χ1n) is 5.52. The van der Waals surface area contributed by atoms with E-state index in [1.54, 1.807) is 0 Å². The maximum Gasteiger partial charge on any atom is 0.0817 e. The zero-order chi connectivity index (χ0) is 10.5. The standard InChI is InChI=1S/C12H18N2O.2ClH/c15-12-9-13-7-6-11(12)14-8-10-4-2-1-3-5-10;;/h1-5,11-15H,6-9H2;2*1H/t11-,12-;;/m1../s1. The minimum Gasteiger partial charge on any atom is -0.390 e. The topological polar surface area (TPSA) is 44.3 Å². The van der Waals surface area contributed by atoms with Crippen LogP contribution in [0.15, 0.2) is 30.3 Å². The number of nitrogens with one attached hydrogen (secondary N) is 2. The van der Waals surface area contributed by atoms with Gasteiger partial charge in [-0.3, -0.25) is 0 Å². The average molecular weight is 279 g/mol. The number of hydrogen-bond acceptors (Lipinski definition) is 3. The van der Waals surface area contributed by atoms with Crippen LogP contribution >= 0.6 is 24.8 Å². The van der Waals surface area contributed by atoms with Gasteiger partial charge in [0, 0.05) is 19.1 Å². The highest BCUT2D eigenvalue weighted by molar-refractivity contribution is 5.85. The van der Waals surface area contributed by atoms with Gasteiger partial charge in [-0.05, 0) is 18.5 Å². The van der Waals surface area contributed by atoms with Crippen LogP contribution < -0.4 is 10.6 Å². The Kier molecular flexibility index (Phi) is 8.56. The van der Waals surface area contributed by atoms with Crippen molar-refractivity contribution in [1.29, 1.82) is 0 Å². The molecule has 2 atom stereocenters. The number of rotatable bonds is 3. The first-order valence-corrected chi connectivity index (χ1v) is 5.52. The van der Waals surface area contributed by atoms with Crippen LogP contribution in [0.3, 0.4) is 0 Å².